The first-order valence-corrected chi connectivity index (χ1v) is 4.91. The van der Waals surface area contributed by atoms with Gasteiger partial charge in [-0.2, -0.15) is 0 Å². The van der Waals surface area contributed by atoms with E-state index in [0.29, 0.717) is 0 Å². The summed E-state index contributed by atoms with van der Waals surface area (Å²) in [5.41, 5.74) is 5.78. The summed E-state index contributed by atoms with van der Waals surface area (Å²) >= 11 is 0. The lowest BCUT2D eigenvalue weighted by Gasteiger charge is -2.17. The summed E-state index contributed by atoms with van der Waals surface area (Å²) < 4.78 is 0. The molecule has 1 heterocycles. The number of likely N-dealkylation sites (tertiary alicyclic amines) is 1. The highest BCUT2D eigenvalue weighted by Crippen LogP contribution is 2.08. The van der Waals surface area contributed by atoms with Crippen LogP contribution >= 0.6 is 0 Å². The highest BCUT2D eigenvalue weighted by Gasteiger charge is 2.12. The molecule has 0 aromatic rings. The van der Waals surface area contributed by atoms with Crippen molar-refractivity contribution in [1.82, 2.24) is 4.90 Å². The Balaban J connectivity index is 1.99. The number of rotatable bonds is 5. The molecule has 1 saturated heterocycles. The van der Waals surface area contributed by atoms with E-state index in [0.717, 1.165) is 19.4 Å². The van der Waals surface area contributed by atoms with Gasteiger partial charge in [0.1, 0.15) is 0 Å². The van der Waals surface area contributed by atoms with Crippen molar-refractivity contribution in [2.24, 2.45) is 5.73 Å². The van der Waals surface area contributed by atoms with Crippen molar-refractivity contribution in [3.8, 4) is 0 Å². The summed E-state index contributed by atoms with van der Waals surface area (Å²) in [6, 6.07) is 0.190. The zero-order chi connectivity index (χ0) is 8.81. The molecule has 0 spiro atoms. The fourth-order valence-electron chi connectivity index (χ4n) is 1.66. The number of aliphatic hydroxyl groups excluding tert-OH is 1. The van der Waals surface area contributed by atoms with Crippen LogP contribution in [0, 0.1) is 0 Å². The van der Waals surface area contributed by atoms with Crippen molar-refractivity contribution in [3.63, 3.8) is 0 Å². The first-order chi connectivity index (χ1) is 5.83. The number of hydrogen-bond donors (Lipinski definition) is 2. The highest BCUT2D eigenvalue weighted by atomic mass is 16.3. The zero-order valence-corrected chi connectivity index (χ0v) is 7.71. The van der Waals surface area contributed by atoms with Gasteiger partial charge in [-0.05, 0) is 45.3 Å². The Labute approximate surface area is 74.5 Å². The van der Waals surface area contributed by atoms with E-state index in [1.54, 1.807) is 0 Å². The molecular weight excluding hydrogens is 152 g/mol. The van der Waals surface area contributed by atoms with Crippen molar-refractivity contribution in [3.05, 3.63) is 0 Å². The van der Waals surface area contributed by atoms with Crippen LogP contribution in [-0.4, -0.2) is 42.3 Å². The minimum Gasteiger partial charge on any atom is -0.396 e. The Bertz CT molecular complexity index is 113. The highest BCUT2D eigenvalue weighted by molar-refractivity contribution is 4.69. The predicted octanol–water partition coefficient (Wildman–Crippen LogP) is 0.182. The van der Waals surface area contributed by atoms with Gasteiger partial charge in [-0.1, -0.05) is 0 Å². The van der Waals surface area contributed by atoms with Crippen LogP contribution in [0.15, 0.2) is 0 Å². The summed E-state index contributed by atoms with van der Waals surface area (Å²) in [6.45, 7) is 3.82. The number of nitrogens with zero attached hydrogens (tertiary/aromatic N) is 1. The maximum absolute atomic E-state index is 8.64. The van der Waals surface area contributed by atoms with Crippen LogP contribution in [0.2, 0.25) is 0 Å². The second kappa shape index (κ2) is 5.51. The summed E-state index contributed by atoms with van der Waals surface area (Å²) in [6.07, 6.45) is 4.46. The van der Waals surface area contributed by atoms with Gasteiger partial charge in [-0.15, -0.1) is 0 Å². The standard InChI is InChI=1S/C9H20N2O/c10-9(4-8-12)3-7-11-5-1-2-6-11/h9,12H,1-8,10H2. The van der Waals surface area contributed by atoms with Crippen molar-refractivity contribution in [2.45, 2.75) is 31.7 Å². The average Bonchev–Trinajstić information content (AvgIpc) is 2.53. The lowest BCUT2D eigenvalue weighted by atomic mass is 10.1. The van der Waals surface area contributed by atoms with Crippen LogP contribution in [-0.2, 0) is 0 Å². The third-order valence-corrected chi connectivity index (χ3v) is 2.51. The van der Waals surface area contributed by atoms with Crippen LogP contribution in [0.4, 0.5) is 0 Å². The molecule has 0 aromatic heterocycles. The van der Waals surface area contributed by atoms with Crippen molar-refractivity contribution < 1.29 is 5.11 Å². The van der Waals surface area contributed by atoms with E-state index in [1.807, 2.05) is 0 Å². The molecule has 3 N–H and O–H groups in total. The largest absolute Gasteiger partial charge is 0.396 e. The molecule has 12 heavy (non-hydrogen) atoms. The van der Waals surface area contributed by atoms with Crippen molar-refractivity contribution in [2.75, 3.05) is 26.2 Å². The molecule has 0 bridgehead atoms. The summed E-state index contributed by atoms with van der Waals surface area (Å²) in [5.74, 6) is 0. The minimum atomic E-state index is 0.190. The van der Waals surface area contributed by atoms with Crippen molar-refractivity contribution >= 4 is 0 Å². The number of nitrogens with two attached hydrogens (primary N) is 1. The van der Waals surface area contributed by atoms with Crippen LogP contribution in [0.5, 0.6) is 0 Å². The van der Waals surface area contributed by atoms with E-state index < -0.39 is 0 Å². The maximum atomic E-state index is 8.64. The molecule has 0 amide bonds. The molecule has 0 aromatic carbocycles. The van der Waals surface area contributed by atoms with Gasteiger partial charge < -0.3 is 15.7 Å². The van der Waals surface area contributed by atoms with E-state index in [4.69, 9.17) is 10.8 Å². The van der Waals surface area contributed by atoms with Gasteiger partial charge in [0.25, 0.3) is 0 Å². The molecule has 1 unspecified atom stereocenters. The second-order valence-electron chi connectivity index (χ2n) is 3.61. The fraction of sp³-hybridized carbons (Fsp3) is 1.00. The average molecular weight is 172 g/mol. The normalized spacial score (nSPS) is 21.5. The molecule has 3 heteroatoms. The molecule has 1 atom stereocenters. The molecule has 0 aliphatic carbocycles. The molecule has 3 nitrogen and oxygen atoms in total. The van der Waals surface area contributed by atoms with Gasteiger partial charge in [0.2, 0.25) is 0 Å². The molecule has 1 rings (SSSR count). The minimum absolute atomic E-state index is 0.190. The molecular formula is C9H20N2O. The Kier molecular flexibility index (Phi) is 4.58. The van der Waals surface area contributed by atoms with E-state index in [-0.39, 0.29) is 12.6 Å². The molecule has 72 valence electrons. The topological polar surface area (TPSA) is 49.5 Å². The van der Waals surface area contributed by atoms with Gasteiger partial charge in [0.15, 0.2) is 0 Å². The van der Waals surface area contributed by atoms with E-state index in [2.05, 4.69) is 4.90 Å². The first kappa shape index (κ1) is 9.96. The number of hydrogen-bond acceptors (Lipinski definition) is 3. The summed E-state index contributed by atoms with van der Waals surface area (Å²) in [7, 11) is 0. The maximum Gasteiger partial charge on any atom is 0.0445 e. The second-order valence-corrected chi connectivity index (χ2v) is 3.61. The van der Waals surface area contributed by atoms with Crippen molar-refractivity contribution in [1.29, 1.82) is 0 Å². The first-order valence-electron chi connectivity index (χ1n) is 4.91. The fourth-order valence-corrected chi connectivity index (χ4v) is 1.66. The van der Waals surface area contributed by atoms with Gasteiger partial charge in [0, 0.05) is 12.6 Å². The predicted molar refractivity (Wildman–Crippen MR) is 50.0 cm³/mol. The lowest BCUT2D eigenvalue weighted by Crippen LogP contribution is -2.29. The quantitative estimate of drug-likeness (QED) is 0.622. The third-order valence-electron chi connectivity index (χ3n) is 2.51. The summed E-state index contributed by atoms with van der Waals surface area (Å²) in [5, 5.41) is 8.64. The monoisotopic (exact) mass is 172 g/mol. The van der Waals surface area contributed by atoms with Crippen LogP contribution < -0.4 is 5.73 Å². The summed E-state index contributed by atoms with van der Waals surface area (Å²) in [4.78, 5) is 2.46. The Hall–Kier alpha value is -0.120. The molecule has 0 saturated carbocycles. The Morgan fingerprint density at radius 2 is 1.92 bits per heavy atom. The number of aliphatic hydroxyl groups is 1. The SMILES string of the molecule is NC(CCO)CCN1CCCC1. The van der Waals surface area contributed by atoms with Gasteiger partial charge in [-0.25, -0.2) is 0 Å². The zero-order valence-electron chi connectivity index (χ0n) is 7.71. The van der Waals surface area contributed by atoms with Gasteiger partial charge in [0.05, 0.1) is 0 Å². The molecule has 0 radical (unpaired) electrons. The van der Waals surface area contributed by atoms with Crippen LogP contribution in [0.25, 0.3) is 0 Å². The van der Waals surface area contributed by atoms with E-state index in [1.165, 1.54) is 25.9 Å². The third kappa shape index (κ3) is 3.52. The Morgan fingerprint density at radius 3 is 2.50 bits per heavy atom. The van der Waals surface area contributed by atoms with E-state index >= 15 is 0 Å². The molecule has 1 aliphatic rings. The lowest BCUT2D eigenvalue weighted by molar-refractivity contribution is 0.260. The van der Waals surface area contributed by atoms with Gasteiger partial charge >= 0.3 is 0 Å². The van der Waals surface area contributed by atoms with Gasteiger partial charge in [-0.3, -0.25) is 0 Å². The van der Waals surface area contributed by atoms with E-state index in [9.17, 15) is 0 Å². The van der Waals surface area contributed by atoms with Crippen LogP contribution in [0.1, 0.15) is 25.7 Å². The Morgan fingerprint density at radius 1 is 1.25 bits per heavy atom. The molecule has 1 fully saturated rings. The molecule has 1 aliphatic heterocycles. The smallest absolute Gasteiger partial charge is 0.0445 e. The van der Waals surface area contributed by atoms with Crippen LogP contribution in [0.3, 0.4) is 0 Å².